The third-order valence-electron chi connectivity index (χ3n) is 7.18. The Morgan fingerprint density at radius 1 is 1.39 bits per heavy atom. The van der Waals surface area contributed by atoms with E-state index < -0.39 is 5.60 Å². The second-order valence-electron chi connectivity index (χ2n) is 8.99. The van der Waals surface area contributed by atoms with Gasteiger partial charge in [-0.2, -0.15) is 0 Å². The molecule has 9 heteroatoms. The van der Waals surface area contributed by atoms with Crippen LogP contribution in [-0.2, 0) is 20.7 Å². The average molecular weight is 429 g/mol. The molecule has 2 unspecified atom stereocenters. The van der Waals surface area contributed by atoms with Crippen LogP contribution in [0.25, 0.3) is 0 Å². The van der Waals surface area contributed by atoms with Crippen molar-refractivity contribution in [2.75, 3.05) is 13.7 Å². The van der Waals surface area contributed by atoms with Crippen LogP contribution in [0.4, 0.5) is 4.39 Å². The molecule has 0 amide bonds. The first-order valence-corrected chi connectivity index (χ1v) is 11.1. The van der Waals surface area contributed by atoms with Gasteiger partial charge in [0.15, 0.2) is 11.4 Å². The molecule has 4 aliphatic rings. The standard InChI is InChI=1S/C22H28FN5O3/c1-30-21(29)22-11-15(12-22)19(13-31-22)24-18(10-9-14-5-2-3-8-17(14)23)20-25-26-27-28(20)16-6-4-7-16/h2-3,5,8,15-16,18-19,24H,4,6-7,9-13H2,1H3. The van der Waals surface area contributed by atoms with E-state index >= 15 is 0 Å². The summed E-state index contributed by atoms with van der Waals surface area (Å²) in [6.07, 6.45) is 5.90. The zero-order valence-corrected chi connectivity index (χ0v) is 17.7. The summed E-state index contributed by atoms with van der Waals surface area (Å²) >= 11 is 0. The van der Waals surface area contributed by atoms with Crippen molar-refractivity contribution in [1.29, 1.82) is 0 Å². The van der Waals surface area contributed by atoms with Gasteiger partial charge in [0.05, 0.1) is 25.8 Å². The predicted octanol–water partition coefficient (Wildman–Crippen LogP) is 2.52. The first kappa shape index (κ1) is 20.5. The van der Waals surface area contributed by atoms with Crippen LogP contribution in [0.2, 0.25) is 0 Å². The van der Waals surface area contributed by atoms with Gasteiger partial charge in [0, 0.05) is 6.04 Å². The highest BCUT2D eigenvalue weighted by molar-refractivity contribution is 5.81. The van der Waals surface area contributed by atoms with E-state index in [1.54, 1.807) is 6.07 Å². The van der Waals surface area contributed by atoms with Crippen LogP contribution >= 0.6 is 0 Å². The molecule has 31 heavy (non-hydrogen) atoms. The Morgan fingerprint density at radius 3 is 2.84 bits per heavy atom. The molecule has 6 rings (SSSR count). The van der Waals surface area contributed by atoms with E-state index in [9.17, 15) is 9.18 Å². The van der Waals surface area contributed by atoms with E-state index in [1.165, 1.54) is 19.6 Å². The molecule has 2 bridgehead atoms. The van der Waals surface area contributed by atoms with E-state index in [4.69, 9.17) is 9.47 Å². The topological polar surface area (TPSA) is 91.2 Å². The Morgan fingerprint density at radius 2 is 2.19 bits per heavy atom. The summed E-state index contributed by atoms with van der Waals surface area (Å²) in [5.74, 6) is 0.650. The minimum Gasteiger partial charge on any atom is -0.467 e. The number of tetrazole rings is 1. The van der Waals surface area contributed by atoms with Crippen LogP contribution in [0.3, 0.4) is 0 Å². The van der Waals surface area contributed by atoms with Gasteiger partial charge in [0.1, 0.15) is 5.82 Å². The lowest BCUT2D eigenvalue weighted by molar-refractivity contribution is -0.217. The number of fused-ring (bicyclic) bond motifs is 2. The average Bonchev–Trinajstić information content (AvgIpc) is 3.18. The van der Waals surface area contributed by atoms with Crippen molar-refractivity contribution in [3.05, 3.63) is 41.5 Å². The van der Waals surface area contributed by atoms with Gasteiger partial charge in [-0.3, -0.25) is 0 Å². The zero-order chi connectivity index (χ0) is 21.4. The molecule has 1 aromatic heterocycles. The number of carbonyl (C=O) groups excluding carboxylic acids is 1. The zero-order valence-electron chi connectivity index (χ0n) is 17.7. The number of ether oxygens (including phenoxy) is 2. The quantitative estimate of drug-likeness (QED) is 0.645. The smallest absolute Gasteiger partial charge is 0.338 e. The number of aromatic nitrogens is 4. The van der Waals surface area contributed by atoms with Gasteiger partial charge in [-0.05, 0) is 72.9 Å². The van der Waals surface area contributed by atoms with Crippen molar-refractivity contribution < 1.29 is 18.7 Å². The third kappa shape index (κ3) is 3.74. The molecule has 2 saturated heterocycles. The number of halogens is 1. The van der Waals surface area contributed by atoms with Crippen molar-refractivity contribution in [3.63, 3.8) is 0 Å². The van der Waals surface area contributed by atoms with Gasteiger partial charge in [-0.15, -0.1) is 5.10 Å². The Hall–Kier alpha value is -2.39. The number of rotatable bonds is 8. The summed E-state index contributed by atoms with van der Waals surface area (Å²) in [6.45, 7) is 0.432. The summed E-state index contributed by atoms with van der Waals surface area (Å²) in [6, 6.07) is 7.16. The molecular formula is C22H28FN5O3. The first-order valence-electron chi connectivity index (χ1n) is 11.1. The highest BCUT2D eigenvalue weighted by Crippen LogP contribution is 2.48. The molecule has 2 atom stereocenters. The highest BCUT2D eigenvalue weighted by Gasteiger charge is 2.58. The summed E-state index contributed by atoms with van der Waals surface area (Å²) in [4.78, 5) is 12.1. The van der Waals surface area contributed by atoms with Gasteiger partial charge in [-0.25, -0.2) is 13.9 Å². The number of methoxy groups -OCH3 is 1. The third-order valence-corrected chi connectivity index (χ3v) is 7.18. The molecule has 1 aromatic carbocycles. The fourth-order valence-electron chi connectivity index (χ4n) is 5.04. The molecule has 166 valence electrons. The maximum Gasteiger partial charge on any atom is 0.338 e. The van der Waals surface area contributed by atoms with Gasteiger partial charge in [0.25, 0.3) is 0 Å². The van der Waals surface area contributed by atoms with Crippen LogP contribution < -0.4 is 5.32 Å². The number of hydrogen-bond acceptors (Lipinski definition) is 7. The van der Waals surface area contributed by atoms with Crippen LogP contribution in [0.15, 0.2) is 24.3 Å². The molecule has 2 saturated carbocycles. The maximum absolute atomic E-state index is 14.2. The van der Waals surface area contributed by atoms with Crippen molar-refractivity contribution >= 4 is 5.97 Å². The van der Waals surface area contributed by atoms with Gasteiger partial charge >= 0.3 is 5.97 Å². The fourth-order valence-corrected chi connectivity index (χ4v) is 5.04. The Kier molecular flexibility index (Phi) is 5.47. The van der Waals surface area contributed by atoms with Crippen molar-refractivity contribution in [3.8, 4) is 0 Å². The lowest BCUT2D eigenvalue weighted by atomic mass is 9.65. The molecular weight excluding hydrogens is 401 g/mol. The number of carbonyl (C=O) groups is 1. The van der Waals surface area contributed by atoms with E-state index in [1.807, 2.05) is 16.8 Å². The molecule has 0 spiro atoms. The number of nitrogens with zero attached hydrogens (tertiary/aromatic N) is 4. The predicted molar refractivity (Wildman–Crippen MR) is 109 cm³/mol. The molecule has 2 aliphatic heterocycles. The second-order valence-corrected chi connectivity index (χ2v) is 8.99. The number of hydrogen-bond donors (Lipinski definition) is 1. The number of aryl methyl sites for hydroxylation is 1. The summed E-state index contributed by atoms with van der Waals surface area (Å²) < 4.78 is 27.0. The second kappa shape index (κ2) is 8.27. The van der Waals surface area contributed by atoms with E-state index in [0.717, 1.165) is 18.7 Å². The number of benzene rings is 1. The lowest BCUT2D eigenvalue weighted by Crippen LogP contribution is -2.65. The summed E-state index contributed by atoms with van der Waals surface area (Å²) in [5.41, 5.74) is -0.0847. The Balaban J connectivity index is 1.32. The molecule has 8 nitrogen and oxygen atoms in total. The van der Waals surface area contributed by atoms with Crippen LogP contribution in [0.5, 0.6) is 0 Å². The van der Waals surface area contributed by atoms with E-state index in [-0.39, 0.29) is 23.9 Å². The van der Waals surface area contributed by atoms with Gasteiger partial charge < -0.3 is 14.8 Å². The largest absolute Gasteiger partial charge is 0.467 e. The minimum absolute atomic E-state index is 0.0868. The molecule has 2 aromatic rings. The SMILES string of the molecule is COC(=O)C12CC(C1)C(NC(CCc1ccccc1F)c1nnnn1C1CCC1)CO2. The highest BCUT2D eigenvalue weighted by atomic mass is 19.1. The fraction of sp³-hybridized carbons (Fsp3) is 0.636. The monoisotopic (exact) mass is 429 g/mol. The van der Waals surface area contributed by atoms with Crippen molar-refractivity contribution in [1.82, 2.24) is 25.5 Å². The van der Waals surface area contributed by atoms with Crippen molar-refractivity contribution in [2.24, 2.45) is 5.92 Å². The lowest BCUT2D eigenvalue weighted by Gasteiger charge is -2.53. The van der Waals surface area contributed by atoms with E-state index in [0.29, 0.717) is 49.8 Å². The van der Waals surface area contributed by atoms with Crippen molar-refractivity contribution in [2.45, 2.75) is 68.7 Å². The van der Waals surface area contributed by atoms with Gasteiger partial charge in [-0.1, -0.05) is 18.2 Å². The minimum atomic E-state index is -0.770. The van der Waals surface area contributed by atoms with Gasteiger partial charge in [0.2, 0.25) is 0 Å². The Bertz CT molecular complexity index is 935. The maximum atomic E-state index is 14.2. The number of esters is 1. The summed E-state index contributed by atoms with van der Waals surface area (Å²) in [7, 11) is 1.40. The Labute approximate surface area is 180 Å². The molecule has 0 radical (unpaired) electrons. The molecule has 4 fully saturated rings. The molecule has 3 heterocycles. The normalized spacial score (nSPS) is 28.5. The summed E-state index contributed by atoms with van der Waals surface area (Å²) in [5, 5.41) is 16.2. The first-order chi connectivity index (χ1) is 15.1. The number of nitrogens with one attached hydrogen (secondary N) is 1. The van der Waals surface area contributed by atoms with Crippen LogP contribution in [0, 0.1) is 11.7 Å². The molecule has 2 aliphatic carbocycles. The van der Waals surface area contributed by atoms with Crippen LogP contribution in [0.1, 0.15) is 62.0 Å². The molecule has 1 N–H and O–H groups in total. The van der Waals surface area contributed by atoms with E-state index in [2.05, 4.69) is 20.8 Å². The van der Waals surface area contributed by atoms with Crippen LogP contribution in [-0.4, -0.2) is 51.5 Å².